The minimum Gasteiger partial charge on any atom is -0.339 e. The highest BCUT2D eigenvalue weighted by atomic mass is 32.1. The van der Waals surface area contributed by atoms with Gasteiger partial charge in [-0.15, -0.1) is 11.3 Å². The van der Waals surface area contributed by atoms with E-state index in [1.807, 2.05) is 47.1 Å². The van der Waals surface area contributed by atoms with Crippen LogP contribution in [0.5, 0.6) is 0 Å². The topological polar surface area (TPSA) is 55.9 Å². The van der Waals surface area contributed by atoms with Crippen molar-refractivity contribution in [2.45, 2.75) is 51.6 Å². The normalized spacial score (nSPS) is 19.7. The number of hydrogen-bond acceptors (Lipinski definition) is 4. The molecule has 1 N–H and O–H groups in total. The van der Waals surface area contributed by atoms with Gasteiger partial charge in [-0.05, 0) is 71.7 Å². The number of carbonyl (C=O) groups is 2. The number of carbonyl (C=O) groups excluding carboxylic acids is 2. The molecular weight excluding hydrogens is 511 g/mol. The summed E-state index contributed by atoms with van der Waals surface area (Å²) in [5.74, 6) is 0.297. The SMILES string of the molecule is CC(C)c1ccc(NC(=O)N2CCN(C(=O)CCN3CCc4sccc4[C@H]3c3cccc(F)c3)C[C@H]2C)cc1. The molecule has 2 atom stereocenters. The monoisotopic (exact) mass is 548 g/mol. The highest BCUT2D eigenvalue weighted by Gasteiger charge is 2.32. The molecule has 1 aromatic heterocycles. The zero-order valence-corrected chi connectivity index (χ0v) is 23.7. The molecular formula is C31H37FN4O2S. The van der Waals surface area contributed by atoms with Gasteiger partial charge in [0.25, 0.3) is 0 Å². The fourth-order valence-corrected chi connectivity index (χ4v) is 6.61. The Morgan fingerprint density at radius 3 is 2.59 bits per heavy atom. The lowest BCUT2D eigenvalue weighted by Gasteiger charge is -2.40. The molecule has 1 saturated heterocycles. The lowest BCUT2D eigenvalue weighted by atomic mass is 9.93. The predicted octanol–water partition coefficient (Wildman–Crippen LogP) is 6.11. The summed E-state index contributed by atoms with van der Waals surface area (Å²) in [6, 6.07) is 16.6. The summed E-state index contributed by atoms with van der Waals surface area (Å²) in [6.07, 6.45) is 1.34. The number of fused-ring (bicyclic) bond motifs is 1. The number of piperazine rings is 1. The molecule has 2 aliphatic heterocycles. The molecule has 0 aliphatic carbocycles. The van der Waals surface area contributed by atoms with Crippen LogP contribution in [0.25, 0.3) is 0 Å². The number of amides is 3. The molecule has 0 unspecified atom stereocenters. The van der Waals surface area contributed by atoms with Gasteiger partial charge >= 0.3 is 6.03 Å². The van der Waals surface area contributed by atoms with Crippen molar-refractivity contribution in [2.75, 3.05) is 38.0 Å². The predicted molar refractivity (Wildman–Crippen MR) is 155 cm³/mol. The number of hydrogen-bond donors (Lipinski definition) is 1. The summed E-state index contributed by atoms with van der Waals surface area (Å²) in [5.41, 5.74) is 4.15. The summed E-state index contributed by atoms with van der Waals surface area (Å²) in [5, 5.41) is 5.10. The number of thiophene rings is 1. The molecule has 0 bridgehead atoms. The average Bonchev–Trinajstić information content (AvgIpc) is 3.40. The number of urea groups is 1. The van der Waals surface area contributed by atoms with Crippen molar-refractivity contribution >= 4 is 29.0 Å². The molecule has 3 aromatic rings. The fraction of sp³-hybridized carbons (Fsp3) is 0.419. The van der Waals surface area contributed by atoms with E-state index in [1.54, 1.807) is 23.5 Å². The summed E-state index contributed by atoms with van der Waals surface area (Å²) in [6.45, 7) is 9.25. The first-order chi connectivity index (χ1) is 18.8. The first-order valence-corrected chi connectivity index (χ1v) is 14.7. The van der Waals surface area contributed by atoms with E-state index in [2.05, 4.69) is 35.5 Å². The third-order valence-corrected chi connectivity index (χ3v) is 8.91. The van der Waals surface area contributed by atoms with E-state index in [4.69, 9.17) is 0 Å². The van der Waals surface area contributed by atoms with Crippen LogP contribution in [0.15, 0.2) is 60.0 Å². The van der Waals surface area contributed by atoms with Crippen molar-refractivity contribution in [3.63, 3.8) is 0 Å². The lowest BCUT2D eigenvalue weighted by molar-refractivity contribution is -0.134. The largest absolute Gasteiger partial charge is 0.339 e. The molecule has 5 rings (SSSR count). The van der Waals surface area contributed by atoms with E-state index in [0.717, 1.165) is 24.2 Å². The van der Waals surface area contributed by atoms with Gasteiger partial charge in [0.1, 0.15) is 5.82 Å². The summed E-state index contributed by atoms with van der Waals surface area (Å²) >= 11 is 1.75. The van der Waals surface area contributed by atoms with Crippen LogP contribution in [0.3, 0.4) is 0 Å². The number of rotatable bonds is 6. The number of nitrogens with one attached hydrogen (secondary N) is 1. The van der Waals surface area contributed by atoms with Gasteiger partial charge in [0.2, 0.25) is 5.91 Å². The number of benzene rings is 2. The standard InChI is InChI=1S/C31H37FN4O2S/c1-21(2)23-7-9-26(10-8-23)33-31(38)36-17-16-35(20-22(36)3)29(37)12-15-34-14-11-28-27(13-18-39-28)30(34)24-5-4-6-25(32)19-24/h4-10,13,18-19,21-22,30H,11-12,14-17,20H2,1-3H3,(H,33,38)/t22-,30-/m1/s1. The molecule has 6 nitrogen and oxygen atoms in total. The van der Waals surface area contributed by atoms with E-state index in [1.165, 1.54) is 22.1 Å². The number of anilines is 1. The Balaban J connectivity index is 1.17. The number of halogens is 1. The van der Waals surface area contributed by atoms with Gasteiger partial charge in [0.05, 0.1) is 6.04 Å². The molecule has 0 radical (unpaired) electrons. The summed E-state index contributed by atoms with van der Waals surface area (Å²) < 4.78 is 14.1. The number of nitrogens with zero attached hydrogens (tertiary/aromatic N) is 3. The minimum atomic E-state index is -0.241. The Labute approximate surface area is 234 Å². The molecule has 3 amide bonds. The molecule has 0 saturated carbocycles. The van der Waals surface area contributed by atoms with E-state index >= 15 is 0 Å². The van der Waals surface area contributed by atoms with Crippen molar-refractivity contribution in [1.29, 1.82) is 0 Å². The maximum absolute atomic E-state index is 14.1. The van der Waals surface area contributed by atoms with Crippen LogP contribution in [-0.4, -0.2) is 65.4 Å². The molecule has 8 heteroatoms. The van der Waals surface area contributed by atoms with Crippen LogP contribution in [0.4, 0.5) is 14.9 Å². The average molecular weight is 549 g/mol. The molecule has 3 heterocycles. The molecule has 2 aromatic carbocycles. The Kier molecular flexibility index (Phi) is 8.33. The highest BCUT2D eigenvalue weighted by molar-refractivity contribution is 7.10. The maximum Gasteiger partial charge on any atom is 0.322 e. The Morgan fingerprint density at radius 2 is 1.87 bits per heavy atom. The van der Waals surface area contributed by atoms with E-state index < -0.39 is 0 Å². The molecule has 206 valence electrons. The van der Waals surface area contributed by atoms with Gasteiger partial charge in [-0.3, -0.25) is 9.69 Å². The smallest absolute Gasteiger partial charge is 0.322 e. The lowest BCUT2D eigenvalue weighted by Crippen LogP contribution is -2.56. The molecule has 2 aliphatic rings. The summed E-state index contributed by atoms with van der Waals surface area (Å²) in [7, 11) is 0. The second-order valence-electron chi connectivity index (χ2n) is 10.9. The summed E-state index contributed by atoms with van der Waals surface area (Å²) in [4.78, 5) is 33.5. The van der Waals surface area contributed by atoms with Gasteiger partial charge < -0.3 is 15.1 Å². The van der Waals surface area contributed by atoms with Gasteiger partial charge in [-0.25, -0.2) is 9.18 Å². The third-order valence-electron chi connectivity index (χ3n) is 7.91. The molecule has 39 heavy (non-hydrogen) atoms. The van der Waals surface area contributed by atoms with Crippen molar-refractivity contribution in [3.8, 4) is 0 Å². The second kappa shape index (κ2) is 11.9. The fourth-order valence-electron chi connectivity index (χ4n) is 5.71. The first-order valence-electron chi connectivity index (χ1n) is 13.8. The zero-order valence-electron chi connectivity index (χ0n) is 22.9. The maximum atomic E-state index is 14.1. The third kappa shape index (κ3) is 6.17. The van der Waals surface area contributed by atoms with Gasteiger partial charge in [-0.1, -0.05) is 38.1 Å². The van der Waals surface area contributed by atoms with Crippen LogP contribution in [0.1, 0.15) is 60.7 Å². The van der Waals surface area contributed by atoms with Crippen LogP contribution in [-0.2, 0) is 11.2 Å². The highest BCUT2D eigenvalue weighted by Crippen LogP contribution is 2.38. The van der Waals surface area contributed by atoms with Crippen molar-refractivity contribution in [2.24, 2.45) is 0 Å². The molecule has 0 spiro atoms. The van der Waals surface area contributed by atoms with Gasteiger partial charge in [0, 0.05) is 55.8 Å². The van der Waals surface area contributed by atoms with Crippen molar-refractivity contribution in [1.82, 2.24) is 14.7 Å². The van der Waals surface area contributed by atoms with Gasteiger partial charge in [0.15, 0.2) is 0 Å². The van der Waals surface area contributed by atoms with E-state index in [-0.39, 0.29) is 29.8 Å². The molecule has 1 fully saturated rings. The van der Waals surface area contributed by atoms with E-state index in [9.17, 15) is 14.0 Å². The van der Waals surface area contributed by atoms with Crippen LogP contribution in [0.2, 0.25) is 0 Å². The first kappa shape index (κ1) is 27.3. The quantitative estimate of drug-likeness (QED) is 0.404. The van der Waals surface area contributed by atoms with Crippen molar-refractivity contribution in [3.05, 3.63) is 87.4 Å². The Hall–Kier alpha value is -3.23. The minimum absolute atomic E-state index is 0.0439. The zero-order chi connectivity index (χ0) is 27.5. The van der Waals surface area contributed by atoms with Crippen LogP contribution < -0.4 is 5.32 Å². The Bertz CT molecular complexity index is 1310. The van der Waals surface area contributed by atoms with Crippen LogP contribution >= 0.6 is 11.3 Å². The van der Waals surface area contributed by atoms with Gasteiger partial charge in [-0.2, -0.15) is 0 Å². The van der Waals surface area contributed by atoms with Crippen molar-refractivity contribution < 1.29 is 14.0 Å². The van der Waals surface area contributed by atoms with Crippen LogP contribution in [0, 0.1) is 5.82 Å². The van der Waals surface area contributed by atoms with E-state index in [0.29, 0.717) is 38.5 Å². The second-order valence-corrected chi connectivity index (χ2v) is 11.9. The Morgan fingerprint density at radius 1 is 1.08 bits per heavy atom.